The zero-order valence-corrected chi connectivity index (χ0v) is 13.0. The number of ether oxygens (including phenoxy) is 1. The van der Waals surface area contributed by atoms with Crippen molar-refractivity contribution in [2.75, 3.05) is 34.3 Å². The summed E-state index contributed by atoms with van der Waals surface area (Å²) in [6.07, 6.45) is 1.23. The highest BCUT2D eigenvalue weighted by Crippen LogP contribution is 2.24. The molecule has 4 heteroatoms. The van der Waals surface area contributed by atoms with Crippen LogP contribution in [0.5, 0.6) is 5.75 Å². The van der Waals surface area contributed by atoms with Gasteiger partial charge in [0.2, 0.25) is 0 Å². The van der Waals surface area contributed by atoms with Crippen molar-refractivity contribution in [1.29, 1.82) is 0 Å². The van der Waals surface area contributed by atoms with Gasteiger partial charge in [-0.1, -0.05) is 12.1 Å². The Bertz CT molecular complexity index is 418. The second-order valence-corrected chi connectivity index (χ2v) is 5.94. The molecule has 1 fully saturated rings. The summed E-state index contributed by atoms with van der Waals surface area (Å²) in [6, 6.07) is 9.15. The Morgan fingerprint density at radius 1 is 1.30 bits per heavy atom. The Kier molecular flexibility index (Phi) is 5.02. The van der Waals surface area contributed by atoms with Crippen LogP contribution in [0.4, 0.5) is 0 Å². The molecule has 2 N–H and O–H groups in total. The minimum absolute atomic E-state index is 0.0434. The first-order valence-corrected chi connectivity index (χ1v) is 7.33. The normalized spacial score (nSPS) is 23.0. The van der Waals surface area contributed by atoms with E-state index in [9.17, 15) is 0 Å². The van der Waals surface area contributed by atoms with Crippen LogP contribution in [0.1, 0.15) is 24.9 Å². The Morgan fingerprint density at radius 3 is 2.45 bits per heavy atom. The van der Waals surface area contributed by atoms with E-state index in [0.717, 1.165) is 18.8 Å². The van der Waals surface area contributed by atoms with Gasteiger partial charge in [-0.25, -0.2) is 0 Å². The lowest BCUT2D eigenvalue weighted by molar-refractivity contribution is 0.204. The van der Waals surface area contributed by atoms with Crippen LogP contribution in [0.2, 0.25) is 0 Å². The lowest BCUT2D eigenvalue weighted by Gasteiger charge is -2.30. The summed E-state index contributed by atoms with van der Waals surface area (Å²) in [6.45, 7) is 4.47. The summed E-state index contributed by atoms with van der Waals surface area (Å²) in [7, 11) is 5.99. The smallest absolute Gasteiger partial charge is 0.118 e. The Balaban J connectivity index is 1.99. The summed E-state index contributed by atoms with van der Waals surface area (Å²) in [5.41, 5.74) is 7.61. The molecule has 1 aliphatic heterocycles. The van der Waals surface area contributed by atoms with E-state index in [1.165, 1.54) is 12.0 Å². The van der Waals surface area contributed by atoms with Crippen LogP contribution in [-0.4, -0.2) is 56.2 Å². The van der Waals surface area contributed by atoms with Crippen molar-refractivity contribution in [3.05, 3.63) is 29.8 Å². The highest BCUT2D eigenvalue weighted by Gasteiger charge is 2.30. The minimum Gasteiger partial charge on any atom is -0.497 e. The van der Waals surface area contributed by atoms with Crippen molar-refractivity contribution < 1.29 is 4.74 Å². The number of benzene rings is 1. The molecule has 0 radical (unpaired) electrons. The summed E-state index contributed by atoms with van der Waals surface area (Å²) in [5.74, 6) is 0.877. The van der Waals surface area contributed by atoms with Crippen molar-refractivity contribution in [2.24, 2.45) is 5.73 Å². The predicted octanol–water partition coefficient (Wildman–Crippen LogP) is 1.72. The van der Waals surface area contributed by atoms with Gasteiger partial charge >= 0.3 is 0 Å². The van der Waals surface area contributed by atoms with Crippen LogP contribution in [-0.2, 0) is 0 Å². The molecule has 0 spiro atoms. The first-order chi connectivity index (χ1) is 9.52. The maximum atomic E-state index is 6.44. The second-order valence-electron chi connectivity index (χ2n) is 5.94. The lowest BCUT2D eigenvalue weighted by Crippen LogP contribution is -2.41. The molecular formula is C16H27N3O. The van der Waals surface area contributed by atoms with Crippen LogP contribution < -0.4 is 10.5 Å². The van der Waals surface area contributed by atoms with Gasteiger partial charge in [0, 0.05) is 31.2 Å². The second kappa shape index (κ2) is 6.57. The molecule has 3 unspecified atom stereocenters. The molecule has 0 bridgehead atoms. The van der Waals surface area contributed by atoms with Crippen molar-refractivity contribution in [3.63, 3.8) is 0 Å². The standard InChI is InChI=1S/C16H27N3O/c1-12(19-10-9-14(11-19)18(2)3)16(17)13-5-7-15(20-4)8-6-13/h5-8,12,14,16H,9-11,17H2,1-4H3. The molecule has 1 aromatic carbocycles. The average molecular weight is 277 g/mol. The van der Waals surface area contributed by atoms with Crippen LogP contribution in [0.3, 0.4) is 0 Å². The number of rotatable bonds is 5. The van der Waals surface area contributed by atoms with E-state index < -0.39 is 0 Å². The minimum atomic E-state index is 0.0434. The van der Waals surface area contributed by atoms with Crippen molar-refractivity contribution >= 4 is 0 Å². The molecule has 20 heavy (non-hydrogen) atoms. The zero-order valence-electron chi connectivity index (χ0n) is 13.0. The largest absolute Gasteiger partial charge is 0.497 e. The zero-order chi connectivity index (χ0) is 14.7. The first kappa shape index (κ1) is 15.3. The van der Waals surface area contributed by atoms with Crippen LogP contribution >= 0.6 is 0 Å². The van der Waals surface area contributed by atoms with Gasteiger partial charge in [-0.2, -0.15) is 0 Å². The van der Waals surface area contributed by atoms with Crippen LogP contribution in [0.15, 0.2) is 24.3 Å². The summed E-state index contributed by atoms with van der Waals surface area (Å²) in [5, 5.41) is 0. The van der Waals surface area contributed by atoms with E-state index in [1.54, 1.807) is 7.11 Å². The highest BCUT2D eigenvalue weighted by molar-refractivity contribution is 5.29. The van der Waals surface area contributed by atoms with Gasteiger partial charge in [0.25, 0.3) is 0 Å². The maximum Gasteiger partial charge on any atom is 0.118 e. The molecular weight excluding hydrogens is 250 g/mol. The van der Waals surface area contributed by atoms with Crippen LogP contribution in [0.25, 0.3) is 0 Å². The van der Waals surface area contributed by atoms with Crippen molar-refractivity contribution in [2.45, 2.75) is 31.5 Å². The van der Waals surface area contributed by atoms with E-state index in [-0.39, 0.29) is 6.04 Å². The average Bonchev–Trinajstić information content (AvgIpc) is 2.96. The molecule has 1 aliphatic rings. The fraction of sp³-hybridized carbons (Fsp3) is 0.625. The predicted molar refractivity (Wildman–Crippen MR) is 83.0 cm³/mol. The number of hydrogen-bond donors (Lipinski definition) is 1. The number of nitrogens with two attached hydrogens (primary N) is 1. The number of likely N-dealkylation sites (tertiary alicyclic amines) is 1. The number of methoxy groups -OCH3 is 1. The summed E-state index contributed by atoms with van der Waals surface area (Å²) < 4.78 is 5.19. The van der Waals surface area contributed by atoms with Gasteiger partial charge in [0.15, 0.2) is 0 Å². The molecule has 0 amide bonds. The molecule has 3 atom stereocenters. The van der Waals surface area contributed by atoms with Crippen molar-refractivity contribution in [1.82, 2.24) is 9.80 Å². The molecule has 1 saturated heterocycles. The van der Waals surface area contributed by atoms with Gasteiger partial charge in [-0.3, -0.25) is 4.90 Å². The van der Waals surface area contributed by atoms with E-state index in [0.29, 0.717) is 12.1 Å². The summed E-state index contributed by atoms with van der Waals surface area (Å²) in [4.78, 5) is 4.81. The van der Waals surface area contributed by atoms with E-state index >= 15 is 0 Å². The molecule has 1 aromatic rings. The van der Waals surface area contributed by atoms with Gasteiger partial charge < -0.3 is 15.4 Å². The molecule has 4 nitrogen and oxygen atoms in total. The van der Waals surface area contributed by atoms with Crippen LogP contribution in [0, 0.1) is 0 Å². The Labute approximate surface area is 122 Å². The monoisotopic (exact) mass is 277 g/mol. The topological polar surface area (TPSA) is 41.7 Å². The quantitative estimate of drug-likeness (QED) is 0.890. The Morgan fingerprint density at radius 2 is 1.95 bits per heavy atom. The third-order valence-corrected chi connectivity index (χ3v) is 4.52. The SMILES string of the molecule is COc1ccc(C(N)C(C)N2CCC(N(C)C)C2)cc1. The molecule has 1 heterocycles. The van der Waals surface area contributed by atoms with Gasteiger partial charge in [0.05, 0.1) is 7.11 Å². The number of hydrogen-bond acceptors (Lipinski definition) is 4. The lowest BCUT2D eigenvalue weighted by atomic mass is 10.0. The first-order valence-electron chi connectivity index (χ1n) is 7.33. The third-order valence-electron chi connectivity index (χ3n) is 4.52. The fourth-order valence-corrected chi connectivity index (χ4v) is 2.89. The highest BCUT2D eigenvalue weighted by atomic mass is 16.5. The van der Waals surface area contributed by atoms with Crippen molar-refractivity contribution in [3.8, 4) is 5.75 Å². The third kappa shape index (κ3) is 3.32. The molecule has 0 aliphatic carbocycles. The molecule has 112 valence electrons. The maximum absolute atomic E-state index is 6.44. The van der Waals surface area contributed by atoms with Gasteiger partial charge in [-0.05, 0) is 45.1 Å². The fourth-order valence-electron chi connectivity index (χ4n) is 2.89. The van der Waals surface area contributed by atoms with E-state index in [2.05, 4.69) is 43.0 Å². The molecule has 0 saturated carbocycles. The van der Waals surface area contributed by atoms with Gasteiger partial charge in [-0.15, -0.1) is 0 Å². The molecule has 2 rings (SSSR count). The van der Waals surface area contributed by atoms with E-state index in [1.807, 2.05) is 12.1 Å². The van der Waals surface area contributed by atoms with Gasteiger partial charge in [0.1, 0.15) is 5.75 Å². The Hall–Kier alpha value is -1.10. The summed E-state index contributed by atoms with van der Waals surface area (Å²) >= 11 is 0. The molecule has 0 aromatic heterocycles. The van der Waals surface area contributed by atoms with E-state index in [4.69, 9.17) is 10.5 Å². The number of nitrogens with zero attached hydrogens (tertiary/aromatic N) is 2. The number of likely N-dealkylation sites (N-methyl/N-ethyl adjacent to an activating group) is 1.